The van der Waals surface area contributed by atoms with Crippen LogP contribution >= 0.6 is 35.1 Å². The average Bonchev–Trinajstić information content (AvgIpc) is 3.48. The smallest absolute Gasteiger partial charge is 0.283 e. The van der Waals surface area contributed by atoms with Crippen LogP contribution in [0.3, 0.4) is 0 Å². The molecule has 0 bridgehead atoms. The van der Waals surface area contributed by atoms with Crippen molar-refractivity contribution in [2.45, 2.75) is 12.3 Å². The molecule has 0 fully saturated rings. The van der Waals surface area contributed by atoms with E-state index in [0.717, 1.165) is 32.2 Å². The summed E-state index contributed by atoms with van der Waals surface area (Å²) in [6, 6.07) is 25.9. The van der Waals surface area contributed by atoms with E-state index in [1.807, 2.05) is 66.9 Å². The predicted molar refractivity (Wildman–Crippen MR) is 155 cm³/mol. The number of carbonyl (C=O) groups excluding carboxylic acids is 1. The molecule has 9 heteroatoms. The van der Waals surface area contributed by atoms with Gasteiger partial charge < -0.3 is 4.57 Å². The number of amides is 1. The molecule has 0 radical (unpaired) electrons. The Morgan fingerprint density at radius 1 is 0.973 bits per heavy atom. The average molecular weight is 542 g/mol. The molecule has 2 aliphatic heterocycles. The van der Waals surface area contributed by atoms with Gasteiger partial charge in [0.15, 0.2) is 10.2 Å². The van der Waals surface area contributed by atoms with Crippen molar-refractivity contribution >= 4 is 73.4 Å². The van der Waals surface area contributed by atoms with E-state index in [4.69, 9.17) is 17.0 Å². The van der Waals surface area contributed by atoms with Gasteiger partial charge in [0, 0.05) is 40.0 Å². The summed E-state index contributed by atoms with van der Waals surface area (Å²) >= 11 is 8.94. The summed E-state index contributed by atoms with van der Waals surface area (Å²) in [6.07, 6.45) is 3.76. The lowest BCUT2D eigenvalue weighted by atomic mass is 10.1. The second-order valence-corrected chi connectivity index (χ2v) is 11.1. The molecular weight excluding hydrogens is 522 g/mol. The number of hydrazone groups is 1. The molecule has 3 heterocycles. The molecule has 1 amide bonds. The van der Waals surface area contributed by atoms with E-state index in [0.29, 0.717) is 16.7 Å². The molecule has 2 aliphatic rings. The van der Waals surface area contributed by atoms with E-state index in [9.17, 15) is 4.79 Å². The van der Waals surface area contributed by atoms with Crippen molar-refractivity contribution in [3.8, 4) is 0 Å². The largest absolute Gasteiger partial charge is 0.342 e. The summed E-state index contributed by atoms with van der Waals surface area (Å²) in [7, 11) is 0. The Bertz CT molecular complexity index is 1620. The normalized spacial score (nSPS) is 16.4. The quantitative estimate of drug-likeness (QED) is 0.280. The van der Waals surface area contributed by atoms with Gasteiger partial charge in [-0.25, -0.2) is 0 Å². The summed E-state index contributed by atoms with van der Waals surface area (Å²) in [5.41, 5.74) is 4.41. The Morgan fingerprint density at radius 3 is 2.54 bits per heavy atom. The van der Waals surface area contributed by atoms with Crippen LogP contribution < -0.4 is 0 Å². The van der Waals surface area contributed by atoms with Crippen molar-refractivity contribution in [3.63, 3.8) is 0 Å². The number of para-hydroxylation sites is 1. The van der Waals surface area contributed by atoms with Crippen molar-refractivity contribution in [2.75, 3.05) is 0 Å². The van der Waals surface area contributed by atoms with Gasteiger partial charge in [-0.2, -0.15) is 10.0 Å². The molecule has 6 nitrogen and oxygen atoms in total. The number of aliphatic imine (C=N–C) groups is 1. The maximum atomic E-state index is 13.0. The van der Waals surface area contributed by atoms with E-state index >= 15 is 0 Å². The standard InChI is InChI=1S/C28H20ClN5OS2/c29-21-12-10-18(11-13-21)15-33-16-20(22-8-4-5-9-24(22)33)14-23-25(30)34-27(31-26(23)35)37-28(32-34)36-17-19-6-2-1-3-7-19/h1-14,16,30H,15,17H2. The lowest BCUT2D eigenvalue weighted by molar-refractivity contribution is -0.114. The first-order valence-electron chi connectivity index (χ1n) is 11.5. The van der Waals surface area contributed by atoms with Gasteiger partial charge in [-0.1, -0.05) is 84.0 Å². The van der Waals surface area contributed by atoms with Crippen LogP contribution in [0.1, 0.15) is 16.7 Å². The fraction of sp³-hybridized carbons (Fsp3) is 0.0714. The number of rotatable bonds is 5. The Balaban J connectivity index is 1.28. The topological polar surface area (TPSA) is 73.8 Å². The Morgan fingerprint density at radius 2 is 1.73 bits per heavy atom. The highest BCUT2D eigenvalue weighted by molar-refractivity contribution is 8.45. The highest BCUT2D eigenvalue weighted by Crippen LogP contribution is 2.34. The Labute approximate surface area is 227 Å². The third kappa shape index (κ3) is 4.87. The van der Waals surface area contributed by atoms with E-state index in [-0.39, 0.29) is 11.4 Å². The monoisotopic (exact) mass is 541 g/mol. The number of hydrogen-bond acceptors (Lipinski definition) is 5. The minimum atomic E-state index is -0.428. The predicted octanol–water partition coefficient (Wildman–Crippen LogP) is 6.85. The zero-order chi connectivity index (χ0) is 25.4. The van der Waals surface area contributed by atoms with E-state index in [1.165, 1.54) is 22.3 Å². The summed E-state index contributed by atoms with van der Waals surface area (Å²) in [5, 5.41) is 16.9. The van der Waals surface area contributed by atoms with Crippen LogP contribution in [0.2, 0.25) is 5.02 Å². The zero-order valence-corrected chi connectivity index (χ0v) is 21.9. The molecule has 1 aromatic heterocycles. The molecule has 6 rings (SSSR count). The highest BCUT2D eigenvalue weighted by Gasteiger charge is 2.36. The summed E-state index contributed by atoms with van der Waals surface area (Å²) in [5.74, 6) is 0.361. The van der Waals surface area contributed by atoms with Gasteiger partial charge in [0.2, 0.25) is 5.17 Å². The highest BCUT2D eigenvalue weighted by atomic mass is 35.5. The first-order chi connectivity index (χ1) is 18.0. The third-order valence-corrected chi connectivity index (χ3v) is 8.39. The summed E-state index contributed by atoms with van der Waals surface area (Å²) in [4.78, 5) is 17.2. The zero-order valence-electron chi connectivity index (χ0n) is 19.5. The number of thioether (sulfide) groups is 2. The van der Waals surface area contributed by atoms with Gasteiger partial charge >= 0.3 is 0 Å². The van der Waals surface area contributed by atoms with Crippen LogP contribution in [0.4, 0.5) is 0 Å². The molecule has 0 aliphatic carbocycles. The minimum absolute atomic E-state index is 0.0346. The maximum absolute atomic E-state index is 13.0. The van der Waals surface area contributed by atoms with E-state index in [1.54, 1.807) is 17.8 Å². The van der Waals surface area contributed by atoms with Crippen molar-refractivity contribution in [1.82, 2.24) is 9.58 Å². The van der Waals surface area contributed by atoms with Crippen LogP contribution in [-0.4, -0.2) is 30.9 Å². The van der Waals surface area contributed by atoms with Crippen molar-refractivity contribution in [1.29, 1.82) is 5.41 Å². The van der Waals surface area contributed by atoms with Gasteiger partial charge in [0.25, 0.3) is 5.91 Å². The molecule has 1 N–H and O–H groups in total. The van der Waals surface area contributed by atoms with Crippen LogP contribution in [0, 0.1) is 5.41 Å². The number of fused-ring (bicyclic) bond motifs is 2. The Kier molecular flexibility index (Phi) is 6.46. The molecule has 182 valence electrons. The lowest BCUT2D eigenvalue weighted by Gasteiger charge is -2.20. The number of hydrogen-bond donors (Lipinski definition) is 1. The third-order valence-electron chi connectivity index (χ3n) is 6.03. The van der Waals surface area contributed by atoms with Crippen molar-refractivity contribution in [2.24, 2.45) is 10.1 Å². The lowest BCUT2D eigenvalue weighted by Crippen LogP contribution is -2.35. The van der Waals surface area contributed by atoms with Gasteiger partial charge in [-0.15, -0.1) is 5.10 Å². The van der Waals surface area contributed by atoms with Gasteiger partial charge in [0.1, 0.15) is 0 Å². The molecule has 0 atom stereocenters. The number of amidine groups is 2. The molecule has 0 unspecified atom stereocenters. The summed E-state index contributed by atoms with van der Waals surface area (Å²) < 4.78 is 2.90. The SMILES string of the molecule is N=C1C(=Cc2cn(Cc3ccc(Cl)cc3)c3ccccc23)C(=O)N=C2SC(SCc3ccccc3)=NN12. The molecule has 0 saturated carbocycles. The van der Waals surface area contributed by atoms with Crippen molar-refractivity contribution < 1.29 is 4.79 Å². The van der Waals surface area contributed by atoms with Gasteiger partial charge in [0.05, 0.1) is 5.57 Å². The van der Waals surface area contributed by atoms with Gasteiger partial charge in [-0.3, -0.25) is 10.2 Å². The summed E-state index contributed by atoms with van der Waals surface area (Å²) in [6.45, 7) is 0.656. The number of nitrogens with zero attached hydrogens (tertiary/aromatic N) is 4. The molecular formula is C28H20ClN5OS2. The number of carbonyl (C=O) groups is 1. The number of aromatic nitrogens is 1. The first-order valence-corrected chi connectivity index (χ1v) is 13.7. The second-order valence-electron chi connectivity index (χ2n) is 8.52. The van der Waals surface area contributed by atoms with Crippen molar-refractivity contribution in [3.05, 3.63) is 112 Å². The number of halogens is 1. The molecule has 0 spiro atoms. The first kappa shape index (κ1) is 23.8. The molecule has 37 heavy (non-hydrogen) atoms. The van der Waals surface area contributed by atoms with Crippen LogP contribution in [0.25, 0.3) is 17.0 Å². The second kappa shape index (κ2) is 10.0. The van der Waals surface area contributed by atoms with E-state index < -0.39 is 5.91 Å². The maximum Gasteiger partial charge on any atom is 0.283 e. The Hall–Kier alpha value is -3.59. The van der Waals surface area contributed by atoms with Crippen LogP contribution in [0.5, 0.6) is 0 Å². The minimum Gasteiger partial charge on any atom is -0.342 e. The van der Waals surface area contributed by atoms with E-state index in [2.05, 4.69) is 32.9 Å². The molecule has 3 aromatic carbocycles. The number of benzene rings is 3. The van der Waals surface area contributed by atoms with Crippen LogP contribution in [0.15, 0.2) is 101 Å². The molecule has 0 saturated heterocycles. The molecule has 4 aromatic rings. The fourth-order valence-corrected chi connectivity index (χ4v) is 6.23. The van der Waals surface area contributed by atoms with Gasteiger partial charge in [-0.05, 0) is 47.2 Å². The number of nitrogens with one attached hydrogen (secondary N) is 1. The fourth-order valence-electron chi connectivity index (χ4n) is 4.22. The van der Waals surface area contributed by atoms with Crippen LogP contribution in [-0.2, 0) is 17.1 Å².